The number of aromatic nitrogens is 2. The van der Waals surface area contributed by atoms with Crippen LogP contribution in [0.15, 0.2) is 28.7 Å². The summed E-state index contributed by atoms with van der Waals surface area (Å²) in [5.74, 6) is 5.60. The minimum absolute atomic E-state index is 0.228. The summed E-state index contributed by atoms with van der Waals surface area (Å²) in [6.45, 7) is 2.01. The minimum Gasteiger partial charge on any atom is -0.421 e. The average Bonchev–Trinajstić information content (AvgIpc) is 2.85. The van der Waals surface area contributed by atoms with Crippen LogP contribution in [-0.4, -0.2) is 16.1 Å². The van der Waals surface area contributed by atoms with Gasteiger partial charge in [0.2, 0.25) is 17.7 Å². The molecule has 0 aliphatic carbocycles. The van der Waals surface area contributed by atoms with E-state index in [1.165, 1.54) is 0 Å². The molecule has 0 saturated heterocycles. The van der Waals surface area contributed by atoms with E-state index in [1.54, 1.807) is 0 Å². The number of nitrogens with zero attached hydrogens (tertiary/aromatic N) is 2. The molecule has 3 N–H and O–H groups in total. The molecule has 1 amide bonds. The average molecular weight is 246 g/mol. The fourth-order valence-corrected chi connectivity index (χ4v) is 1.46. The smallest absolute Gasteiger partial charge is 0.247 e. The second-order valence-corrected chi connectivity index (χ2v) is 3.93. The molecule has 2 aromatic rings. The standard InChI is InChI=1S/C12H14N4O2/c1-8-2-4-9(5-3-8)12-16-15-11(18-12)7-6-10(17)14-13/h2-5H,6-7,13H2,1H3,(H,14,17). The fraction of sp³-hybridized carbons (Fsp3) is 0.250. The van der Waals surface area contributed by atoms with Crippen LogP contribution in [0.2, 0.25) is 0 Å². The summed E-state index contributed by atoms with van der Waals surface area (Å²) in [5.41, 5.74) is 4.08. The lowest BCUT2D eigenvalue weighted by molar-refractivity contribution is -0.121. The first-order chi connectivity index (χ1) is 8.69. The number of benzene rings is 1. The third kappa shape index (κ3) is 2.92. The summed E-state index contributed by atoms with van der Waals surface area (Å²) in [4.78, 5) is 11.0. The molecule has 0 saturated carbocycles. The Kier molecular flexibility index (Phi) is 3.69. The van der Waals surface area contributed by atoms with Crippen molar-refractivity contribution in [3.63, 3.8) is 0 Å². The molecular formula is C12H14N4O2. The SMILES string of the molecule is Cc1ccc(-c2nnc(CCC(=O)NN)o2)cc1. The summed E-state index contributed by atoms with van der Waals surface area (Å²) in [6.07, 6.45) is 0.605. The Morgan fingerprint density at radius 1 is 1.33 bits per heavy atom. The summed E-state index contributed by atoms with van der Waals surface area (Å²) in [6, 6.07) is 7.78. The maximum atomic E-state index is 11.0. The molecule has 0 aliphatic heterocycles. The van der Waals surface area contributed by atoms with Crippen molar-refractivity contribution in [1.82, 2.24) is 15.6 Å². The molecule has 2 rings (SSSR count). The monoisotopic (exact) mass is 246 g/mol. The molecule has 0 atom stereocenters. The van der Waals surface area contributed by atoms with Gasteiger partial charge in [0, 0.05) is 18.4 Å². The predicted octanol–water partition coefficient (Wildman–Crippen LogP) is 0.968. The van der Waals surface area contributed by atoms with E-state index in [0.29, 0.717) is 18.2 Å². The topological polar surface area (TPSA) is 94.0 Å². The number of hydrogen-bond acceptors (Lipinski definition) is 5. The first-order valence-corrected chi connectivity index (χ1v) is 5.58. The van der Waals surface area contributed by atoms with Crippen LogP contribution in [0.3, 0.4) is 0 Å². The molecule has 6 heteroatoms. The molecule has 1 heterocycles. The Morgan fingerprint density at radius 2 is 2.06 bits per heavy atom. The number of carbonyl (C=O) groups excluding carboxylic acids is 1. The highest BCUT2D eigenvalue weighted by Crippen LogP contribution is 2.18. The van der Waals surface area contributed by atoms with E-state index in [9.17, 15) is 4.79 Å². The van der Waals surface area contributed by atoms with Gasteiger partial charge in [0.15, 0.2) is 0 Å². The van der Waals surface area contributed by atoms with Crippen molar-refractivity contribution in [3.05, 3.63) is 35.7 Å². The number of nitrogens with one attached hydrogen (secondary N) is 1. The molecule has 0 bridgehead atoms. The number of amides is 1. The highest BCUT2D eigenvalue weighted by molar-refractivity contribution is 5.75. The van der Waals surface area contributed by atoms with E-state index in [2.05, 4.69) is 15.6 Å². The van der Waals surface area contributed by atoms with E-state index in [0.717, 1.165) is 11.1 Å². The number of rotatable bonds is 4. The number of aryl methyl sites for hydroxylation is 2. The summed E-state index contributed by atoms with van der Waals surface area (Å²) in [7, 11) is 0. The molecule has 1 aromatic heterocycles. The molecule has 0 unspecified atom stereocenters. The quantitative estimate of drug-likeness (QED) is 0.476. The van der Waals surface area contributed by atoms with Gasteiger partial charge in [-0.2, -0.15) is 0 Å². The van der Waals surface area contributed by atoms with Gasteiger partial charge in [-0.25, -0.2) is 5.84 Å². The maximum absolute atomic E-state index is 11.0. The third-order valence-corrected chi connectivity index (χ3v) is 2.49. The van der Waals surface area contributed by atoms with Crippen molar-refractivity contribution in [2.75, 3.05) is 0 Å². The van der Waals surface area contributed by atoms with E-state index in [4.69, 9.17) is 10.3 Å². The van der Waals surface area contributed by atoms with Gasteiger partial charge in [-0.05, 0) is 19.1 Å². The number of hydrogen-bond donors (Lipinski definition) is 2. The van der Waals surface area contributed by atoms with Gasteiger partial charge in [0.05, 0.1) is 0 Å². The number of hydrazine groups is 1. The van der Waals surface area contributed by atoms with Crippen molar-refractivity contribution in [3.8, 4) is 11.5 Å². The lowest BCUT2D eigenvalue weighted by atomic mass is 10.1. The highest BCUT2D eigenvalue weighted by atomic mass is 16.4. The van der Waals surface area contributed by atoms with Gasteiger partial charge in [-0.15, -0.1) is 10.2 Å². The Hall–Kier alpha value is -2.21. The third-order valence-electron chi connectivity index (χ3n) is 2.49. The normalized spacial score (nSPS) is 10.3. The lowest BCUT2D eigenvalue weighted by Gasteiger charge is -1.96. The van der Waals surface area contributed by atoms with Gasteiger partial charge in [-0.3, -0.25) is 10.2 Å². The molecule has 94 valence electrons. The maximum Gasteiger partial charge on any atom is 0.247 e. The van der Waals surface area contributed by atoms with Crippen molar-refractivity contribution < 1.29 is 9.21 Å². The largest absolute Gasteiger partial charge is 0.421 e. The number of nitrogens with two attached hydrogens (primary N) is 1. The van der Waals surface area contributed by atoms with Crippen LogP contribution in [0.4, 0.5) is 0 Å². The van der Waals surface area contributed by atoms with E-state index in [1.807, 2.05) is 31.2 Å². The van der Waals surface area contributed by atoms with Gasteiger partial charge in [0.25, 0.3) is 0 Å². The second kappa shape index (κ2) is 5.42. The Morgan fingerprint density at radius 3 is 2.72 bits per heavy atom. The zero-order valence-corrected chi connectivity index (χ0v) is 10.0. The molecule has 0 fully saturated rings. The number of carbonyl (C=O) groups is 1. The van der Waals surface area contributed by atoms with E-state index < -0.39 is 0 Å². The van der Waals surface area contributed by atoms with Crippen LogP contribution in [0.25, 0.3) is 11.5 Å². The molecule has 18 heavy (non-hydrogen) atoms. The summed E-state index contributed by atoms with van der Waals surface area (Å²) >= 11 is 0. The lowest BCUT2D eigenvalue weighted by Crippen LogP contribution is -2.30. The zero-order chi connectivity index (χ0) is 13.0. The Bertz CT molecular complexity index is 533. The van der Waals surface area contributed by atoms with Crippen LogP contribution in [-0.2, 0) is 11.2 Å². The Balaban J connectivity index is 2.06. The highest BCUT2D eigenvalue weighted by Gasteiger charge is 2.09. The van der Waals surface area contributed by atoms with E-state index in [-0.39, 0.29) is 12.3 Å². The van der Waals surface area contributed by atoms with Gasteiger partial charge >= 0.3 is 0 Å². The van der Waals surface area contributed by atoms with Crippen molar-refractivity contribution >= 4 is 5.91 Å². The molecular weight excluding hydrogens is 232 g/mol. The Labute approximate surface area is 104 Å². The van der Waals surface area contributed by atoms with Crippen LogP contribution in [0.1, 0.15) is 17.9 Å². The summed E-state index contributed by atoms with van der Waals surface area (Å²) < 4.78 is 5.46. The zero-order valence-electron chi connectivity index (χ0n) is 10.0. The molecule has 0 aliphatic rings. The van der Waals surface area contributed by atoms with Gasteiger partial charge < -0.3 is 4.42 Å². The van der Waals surface area contributed by atoms with Crippen molar-refractivity contribution in [2.24, 2.45) is 5.84 Å². The van der Waals surface area contributed by atoms with Crippen LogP contribution in [0.5, 0.6) is 0 Å². The van der Waals surface area contributed by atoms with Crippen molar-refractivity contribution in [2.45, 2.75) is 19.8 Å². The first-order valence-electron chi connectivity index (χ1n) is 5.58. The first kappa shape index (κ1) is 12.3. The second-order valence-electron chi connectivity index (χ2n) is 3.93. The summed E-state index contributed by atoms with van der Waals surface area (Å²) in [5, 5.41) is 7.82. The predicted molar refractivity (Wildman–Crippen MR) is 65.1 cm³/mol. The van der Waals surface area contributed by atoms with Gasteiger partial charge in [0.1, 0.15) is 0 Å². The minimum atomic E-state index is -0.259. The van der Waals surface area contributed by atoms with Crippen LogP contribution in [0, 0.1) is 6.92 Å². The van der Waals surface area contributed by atoms with E-state index >= 15 is 0 Å². The van der Waals surface area contributed by atoms with Crippen LogP contribution < -0.4 is 11.3 Å². The molecule has 6 nitrogen and oxygen atoms in total. The molecule has 0 radical (unpaired) electrons. The molecule has 1 aromatic carbocycles. The van der Waals surface area contributed by atoms with Crippen molar-refractivity contribution in [1.29, 1.82) is 0 Å². The van der Waals surface area contributed by atoms with Gasteiger partial charge in [-0.1, -0.05) is 17.7 Å². The fourth-order valence-electron chi connectivity index (χ4n) is 1.46. The molecule has 0 spiro atoms. The van der Waals surface area contributed by atoms with Crippen LogP contribution >= 0.6 is 0 Å².